The van der Waals surface area contributed by atoms with Crippen molar-refractivity contribution in [2.75, 3.05) is 20.8 Å². The summed E-state index contributed by atoms with van der Waals surface area (Å²) >= 11 is 0. The molecular weight excluding hydrogens is 322 g/mol. The van der Waals surface area contributed by atoms with E-state index in [4.69, 9.17) is 9.47 Å². The maximum absolute atomic E-state index is 5.52. The van der Waals surface area contributed by atoms with Gasteiger partial charge in [0.1, 0.15) is 0 Å². The molecule has 1 aliphatic heterocycles. The molecule has 0 radical (unpaired) electrons. The lowest BCUT2D eigenvalue weighted by molar-refractivity contribution is 0.351. The molecule has 3 aromatic carbocycles. The van der Waals surface area contributed by atoms with Crippen molar-refractivity contribution in [2.24, 2.45) is 0 Å². The smallest absolute Gasteiger partial charge is 0.161 e. The van der Waals surface area contributed by atoms with Crippen molar-refractivity contribution in [1.82, 2.24) is 5.32 Å². The predicted octanol–water partition coefficient (Wildman–Crippen LogP) is 4.68. The summed E-state index contributed by atoms with van der Waals surface area (Å²) in [7, 11) is 3.40. The van der Waals surface area contributed by atoms with Crippen molar-refractivity contribution in [3.05, 3.63) is 71.3 Å². The van der Waals surface area contributed by atoms with Gasteiger partial charge in [0.25, 0.3) is 0 Å². The fourth-order valence-corrected chi connectivity index (χ4v) is 4.04. The molecule has 4 rings (SSSR count). The molecular formula is C23H25NO2. The summed E-state index contributed by atoms with van der Waals surface area (Å²) in [6.07, 6.45) is 3.14. The van der Waals surface area contributed by atoms with Crippen LogP contribution < -0.4 is 14.8 Å². The van der Waals surface area contributed by atoms with Gasteiger partial charge >= 0.3 is 0 Å². The summed E-state index contributed by atoms with van der Waals surface area (Å²) in [4.78, 5) is 0. The number of benzene rings is 3. The third-order valence-electron chi connectivity index (χ3n) is 5.39. The molecule has 1 heterocycles. The predicted molar refractivity (Wildman–Crippen MR) is 106 cm³/mol. The largest absolute Gasteiger partial charge is 0.493 e. The first kappa shape index (κ1) is 16.9. The van der Waals surface area contributed by atoms with Crippen LogP contribution in [0.1, 0.15) is 29.2 Å². The molecule has 1 aliphatic rings. The number of hydrogen-bond acceptors (Lipinski definition) is 3. The standard InChI is InChI=1S/C23H25NO2/c1-25-22-14-18-12-13-24-21(20(18)15-23(22)26-2)11-10-17-8-5-7-16-6-3-4-9-19(16)17/h3-9,14-15,21,24H,10-13H2,1-2H3/t21-/m1/s1. The highest BCUT2D eigenvalue weighted by Gasteiger charge is 2.22. The highest BCUT2D eigenvalue weighted by atomic mass is 16.5. The summed E-state index contributed by atoms with van der Waals surface area (Å²) in [6.45, 7) is 1.00. The van der Waals surface area contributed by atoms with E-state index in [1.807, 2.05) is 0 Å². The Labute approximate surface area is 154 Å². The van der Waals surface area contributed by atoms with Gasteiger partial charge in [0.05, 0.1) is 14.2 Å². The maximum Gasteiger partial charge on any atom is 0.161 e. The topological polar surface area (TPSA) is 30.5 Å². The van der Waals surface area contributed by atoms with Crippen molar-refractivity contribution >= 4 is 10.8 Å². The molecule has 3 heteroatoms. The summed E-state index contributed by atoms with van der Waals surface area (Å²) in [5, 5.41) is 6.36. The second-order valence-electron chi connectivity index (χ2n) is 6.84. The van der Waals surface area contributed by atoms with E-state index in [1.54, 1.807) is 14.2 Å². The van der Waals surface area contributed by atoms with Crippen LogP contribution in [0.2, 0.25) is 0 Å². The number of ether oxygens (including phenoxy) is 2. The average molecular weight is 347 g/mol. The molecule has 0 aliphatic carbocycles. The van der Waals surface area contributed by atoms with Gasteiger partial charge in [-0.25, -0.2) is 0 Å². The average Bonchev–Trinajstić information content (AvgIpc) is 2.71. The second kappa shape index (κ2) is 7.38. The van der Waals surface area contributed by atoms with Crippen LogP contribution in [-0.4, -0.2) is 20.8 Å². The Hall–Kier alpha value is -2.52. The fraction of sp³-hybridized carbons (Fsp3) is 0.304. The Morgan fingerprint density at radius 3 is 2.58 bits per heavy atom. The van der Waals surface area contributed by atoms with Crippen LogP contribution in [0, 0.1) is 0 Å². The van der Waals surface area contributed by atoms with Crippen molar-refractivity contribution in [3.63, 3.8) is 0 Å². The summed E-state index contributed by atoms with van der Waals surface area (Å²) < 4.78 is 11.0. The Morgan fingerprint density at radius 1 is 0.962 bits per heavy atom. The minimum Gasteiger partial charge on any atom is -0.493 e. The normalized spacial score (nSPS) is 16.3. The minimum atomic E-state index is 0.345. The van der Waals surface area contributed by atoms with Gasteiger partial charge < -0.3 is 14.8 Å². The zero-order chi connectivity index (χ0) is 17.9. The number of rotatable bonds is 5. The molecule has 26 heavy (non-hydrogen) atoms. The first-order valence-corrected chi connectivity index (χ1v) is 9.25. The van der Waals surface area contributed by atoms with Gasteiger partial charge in [-0.05, 0) is 65.4 Å². The van der Waals surface area contributed by atoms with Crippen LogP contribution in [0.5, 0.6) is 11.5 Å². The van der Waals surface area contributed by atoms with Crippen molar-refractivity contribution in [1.29, 1.82) is 0 Å². The van der Waals surface area contributed by atoms with E-state index in [1.165, 1.54) is 27.5 Å². The molecule has 0 saturated heterocycles. The van der Waals surface area contributed by atoms with Gasteiger partial charge in [0.15, 0.2) is 11.5 Å². The lowest BCUT2D eigenvalue weighted by atomic mass is 9.89. The van der Waals surface area contributed by atoms with Crippen molar-refractivity contribution in [2.45, 2.75) is 25.3 Å². The van der Waals surface area contributed by atoms with E-state index in [2.05, 4.69) is 59.9 Å². The Kier molecular flexibility index (Phi) is 4.81. The molecule has 0 spiro atoms. The number of methoxy groups -OCH3 is 2. The van der Waals surface area contributed by atoms with Crippen LogP contribution in [0.4, 0.5) is 0 Å². The van der Waals surface area contributed by atoms with Gasteiger partial charge in [0, 0.05) is 6.04 Å². The molecule has 1 N–H and O–H groups in total. The number of aryl methyl sites for hydroxylation is 1. The number of fused-ring (bicyclic) bond motifs is 2. The molecule has 3 aromatic rings. The third kappa shape index (κ3) is 3.15. The number of nitrogens with one attached hydrogen (secondary N) is 1. The van der Waals surface area contributed by atoms with E-state index in [9.17, 15) is 0 Å². The molecule has 3 nitrogen and oxygen atoms in total. The second-order valence-corrected chi connectivity index (χ2v) is 6.84. The SMILES string of the molecule is COc1cc2c(cc1OC)[C@@H](CCc1cccc3ccccc13)NCC2. The van der Waals surface area contributed by atoms with Gasteiger partial charge in [-0.1, -0.05) is 42.5 Å². The lowest BCUT2D eigenvalue weighted by Crippen LogP contribution is -2.30. The van der Waals surface area contributed by atoms with E-state index in [0.29, 0.717) is 6.04 Å². The molecule has 0 fully saturated rings. The molecule has 134 valence electrons. The van der Waals surface area contributed by atoms with E-state index in [-0.39, 0.29) is 0 Å². The minimum absolute atomic E-state index is 0.345. The monoisotopic (exact) mass is 347 g/mol. The first-order valence-electron chi connectivity index (χ1n) is 9.25. The van der Waals surface area contributed by atoms with Crippen LogP contribution in [0.25, 0.3) is 10.8 Å². The van der Waals surface area contributed by atoms with E-state index >= 15 is 0 Å². The van der Waals surface area contributed by atoms with Gasteiger partial charge in [-0.2, -0.15) is 0 Å². The van der Waals surface area contributed by atoms with Gasteiger partial charge in [-0.15, -0.1) is 0 Å². The number of hydrogen-bond donors (Lipinski definition) is 1. The highest BCUT2D eigenvalue weighted by molar-refractivity contribution is 5.85. The molecule has 0 unspecified atom stereocenters. The quantitative estimate of drug-likeness (QED) is 0.727. The third-order valence-corrected chi connectivity index (χ3v) is 5.39. The summed E-state index contributed by atoms with van der Waals surface area (Å²) in [6, 6.07) is 19.9. The molecule has 1 atom stereocenters. The summed E-state index contributed by atoms with van der Waals surface area (Å²) in [5.74, 6) is 1.63. The van der Waals surface area contributed by atoms with Crippen molar-refractivity contribution < 1.29 is 9.47 Å². The fourth-order valence-electron chi connectivity index (χ4n) is 4.04. The Morgan fingerprint density at radius 2 is 1.73 bits per heavy atom. The highest BCUT2D eigenvalue weighted by Crippen LogP contribution is 2.36. The molecule has 0 aromatic heterocycles. The zero-order valence-electron chi connectivity index (χ0n) is 15.4. The zero-order valence-corrected chi connectivity index (χ0v) is 15.4. The van der Waals surface area contributed by atoms with Crippen LogP contribution in [0.3, 0.4) is 0 Å². The maximum atomic E-state index is 5.52. The van der Waals surface area contributed by atoms with Crippen LogP contribution in [0.15, 0.2) is 54.6 Å². The Bertz CT molecular complexity index is 914. The first-order chi connectivity index (χ1) is 12.8. The summed E-state index contributed by atoms with van der Waals surface area (Å²) in [5.41, 5.74) is 4.12. The Balaban J connectivity index is 1.60. The van der Waals surface area contributed by atoms with Crippen LogP contribution >= 0.6 is 0 Å². The van der Waals surface area contributed by atoms with Crippen molar-refractivity contribution in [3.8, 4) is 11.5 Å². The van der Waals surface area contributed by atoms with Gasteiger partial charge in [-0.3, -0.25) is 0 Å². The van der Waals surface area contributed by atoms with E-state index < -0.39 is 0 Å². The molecule has 0 saturated carbocycles. The van der Waals surface area contributed by atoms with Gasteiger partial charge in [0.2, 0.25) is 0 Å². The molecule has 0 bridgehead atoms. The van der Waals surface area contributed by atoms with Crippen LogP contribution in [-0.2, 0) is 12.8 Å². The lowest BCUT2D eigenvalue weighted by Gasteiger charge is -2.28. The molecule has 0 amide bonds. The van der Waals surface area contributed by atoms with E-state index in [0.717, 1.165) is 37.3 Å².